The van der Waals surface area contributed by atoms with Crippen LogP contribution in [0.1, 0.15) is 47.8 Å². The number of carboxylic acids is 1. The van der Waals surface area contributed by atoms with E-state index in [0.717, 1.165) is 36.9 Å². The quantitative estimate of drug-likeness (QED) is 0.629. The minimum Gasteiger partial charge on any atom is -0.478 e. The summed E-state index contributed by atoms with van der Waals surface area (Å²) in [7, 11) is 0. The smallest absolute Gasteiger partial charge is 0.339 e. The van der Waals surface area contributed by atoms with E-state index in [1.165, 1.54) is 0 Å². The van der Waals surface area contributed by atoms with Crippen LogP contribution >= 0.6 is 0 Å². The number of nitrogens with one attached hydrogen (secondary N) is 1. The van der Waals surface area contributed by atoms with Crippen LogP contribution in [-0.2, 0) is 12.8 Å². The Bertz CT molecular complexity index is 518. The first-order valence-corrected chi connectivity index (χ1v) is 7.31. The SMILES string of the molecule is CCC(CO)(CO)Nc1nc2c(cc1C(=O)O)CCCC2. The number of aliphatic hydroxyl groups excluding tert-OH is 2. The summed E-state index contributed by atoms with van der Waals surface area (Å²) < 4.78 is 0. The van der Waals surface area contributed by atoms with Gasteiger partial charge < -0.3 is 20.6 Å². The Balaban J connectivity index is 2.43. The molecule has 0 fully saturated rings. The van der Waals surface area contributed by atoms with Gasteiger partial charge in [0.25, 0.3) is 0 Å². The molecule has 6 heteroatoms. The number of pyridine rings is 1. The van der Waals surface area contributed by atoms with Gasteiger partial charge in [-0.2, -0.15) is 0 Å². The van der Waals surface area contributed by atoms with Crippen LogP contribution in [0.15, 0.2) is 6.07 Å². The summed E-state index contributed by atoms with van der Waals surface area (Å²) in [6.45, 7) is 1.23. The normalized spacial score (nSPS) is 14.6. The molecule has 0 aromatic carbocycles. The highest BCUT2D eigenvalue weighted by molar-refractivity contribution is 5.93. The number of aromatic carboxylic acids is 1. The molecule has 0 spiro atoms. The fourth-order valence-corrected chi connectivity index (χ4v) is 2.58. The van der Waals surface area contributed by atoms with Crippen LogP contribution in [0, 0.1) is 0 Å². The highest BCUT2D eigenvalue weighted by Gasteiger charge is 2.29. The van der Waals surface area contributed by atoms with Crippen molar-refractivity contribution < 1.29 is 20.1 Å². The van der Waals surface area contributed by atoms with Crippen molar-refractivity contribution in [3.8, 4) is 0 Å². The van der Waals surface area contributed by atoms with E-state index >= 15 is 0 Å². The molecule has 1 aromatic heterocycles. The monoisotopic (exact) mass is 294 g/mol. The Morgan fingerprint density at radius 3 is 2.57 bits per heavy atom. The van der Waals surface area contributed by atoms with E-state index in [1.807, 2.05) is 6.92 Å². The molecule has 1 aliphatic rings. The Hall–Kier alpha value is -1.66. The van der Waals surface area contributed by atoms with Crippen molar-refractivity contribution in [2.24, 2.45) is 0 Å². The molecule has 0 bridgehead atoms. The third-order valence-corrected chi connectivity index (χ3v) is 4.20. The Morgan fingerprint density at radius 2 is 2.00 bits per heavy atom. The molecule has 0 unspecified atom stereocenters. The first kappa shape index (κ1) is 15.7. The molecule has 1 heterocycles. The van der Waals surface area contributed by atoms with E-state index in [-0.39, 0.29) is 24.6 Å². The molecule has 1 aliphatic carbocycles. The second-order valence-electron chi connectivity index (χ2n) is 5.58. The number of rotatable bonds is 6. The van der Waals surface area contributed by atoms with Gasteiger partial charge in [0.15, 0.2) is 0 Å². The van der Waals surface area contributed by atoms with Gasteiger partial charge in [0.2, 0.25) is 0 Å². The largest absolute Gasteiger partial charge is 0.478 e. The lowest BCUT2D eigenvalue weighted by molar-refractivity contribution is 0.0696. The molecule has 2 rings (SSSR count). The number of nitrogens with zero attached hydrogens (tertiary/aromatic N) is 1. The number of fused-ring (bicyclic) bond motifs is 1. The van der Waals surface area contributed by atoms with Gasteiger partial charge in [-0.1, -0.05) is 6.92 Å². The predicted octanol–water partition coefficient (Wildman–Crippen LogP) is 1.20. The van der Waals surface area contributed by atoms with E-state index < -0.39 is 11.5 Å². The van der Waals surface area contributed by atoms with E-state index in [0.29, 0.717) is 6.42 Å². The van der Waals surface area contributed by atoms with Gasteiger partial charge in [-0.05, 0) is 43.7 Å². The molecule has 0 atom stereocenters. The van der Waals surface area contributed by atoms with Crippen LogP contribution in [0.2, 0.25) is 0 Å². The fourth-order valence-electron chi connectivity index (χ4n) is 2.58. The van der Waals surface area contributed by atoms with Crippen LogP contribution < -0.4 is 5.32 Å². The molecule has 0 saturated carbocycles. The summed E-state index contributed by atoms with van der Waals surface area (Å²) in [6, 6.07) is 1.67. The molecule has 0 amide bonds. The van der Waals surface area contributed by atoms with Crippen molar-refractivity contribution in [2.45, 2.75) is 44.6 Å². The molecule has 0 aliphatic heterocycles. The lowest BCUT2D eigenvalue weighted by Crippen LogP contribution is -2.46. The Kier molecular flexibility index (Phi) is 4.80. The van der Waals surface area contributed by atoms with E-state index in [9.17, 15) is 20.1 Å². The molecular formula is C15H22N2O4. The van der Waals surface area contributed by atoms with Crippen LogP contribution in [-0.4, -0.2) is 45.0 Å². The van der Waals surface area contributed by atoms with Crippen molar-refractivity contribution in [3.05, 3.63) is 22.9 Å². The average Bonchev–Trinajstić information content (AvgIpc) is 2.51. The molecule has 6 nitrogen and oxygen atoms in total. The zero-order chi connectivity index (χ0) is 15.5. The molecule has 0 radical (unpaired) electrons. The van der Waals surface area contributed by atoms with E-state index in [1.54, 1.807) is 6.07 Å². The maximum Gasteiger partial charge on any atom is 0.339 e. The minimum absolute atomic E-state index is 0.0929. The number of hydrogen-bond acceptors (Lipinski definition) is 5. The number of carboxylic acid groups (broad SMARTS) is 1. The van der Waals surface area contributed by atoms with Gasteiger partial charge >= 0.3 is 5.97 Å². The number of hydrogen-bond donors (Lipinski definition) is 4. The molecule has 21 heavy (non-hydrogen) atoms. The summed E-state index contributed by atoms with van der Waals surface area (Å²) >= 11 is 0. The number of aliphatic hydroxyl groups is 2. The molecule has 4 N–H and O–H groups in total. The zero-order valence-corrected chi connectivity index (χ0v) is 12.2. The molecular weight excluding hydrogens is 272 g/mol. The van der Waals surface area contributed by atoms with Crippen molar-refractivity contribution in [1.82, 2.24) is 4.98 Å². The van der Waals surface area contributed by atoms with Crippen molar-refractivity contribution >= 4 is 11.8 Å². The first-order valence-electron chi connectivity index (χ1n) is 7.31. The van der Waals surface area contributed by atoms with Crippen LogP contribution in [0.4, 0.5) is 5.82 Å². The summed E-state index contributed by atoms with van der Waals surface area (Å²) in [5, 5.41) is 31.3. The first-order chi connectivity index (χ1) is 10.0. The van der Waals surface area contributed by atoms with Crippen molar-refractivity contribution in [3.63, 3.8) is 0 Å². The van der Waals surface area contributed by atoms with E-state index in [4.69, 9.17) is 0 Å². The van der Waals surface area contributed by atoms with Crippen LogP contribution in [0.5, 0.6) is 0 Å². The number of aromatic nitrogens is 1. The maximum absolute atomic E-state index is 11.5. The summed E-state index contributed by atoms with van der Waals surface area (Å²) in [5.74, 6) is -0.827. The third kappa shape index (κ3) is 3.16. The van der Waals surface area contributed by atoms with Gasteiger partial charge in [0.1, 0.15) is 11.4 Å². The van der Waals surface area contributed by atoms with Gasteiger partial charge in [-0.15, -0.1) is 0 Å². The molecule has 116 valence electrons. The Morgan fingerprint density at radius 1 is 1.33 bits per heavy atom. The highest BCUT2D eigenvalue weighted by Crippen LogP contribution is 2.27. The summed E-state index contributed by atoms with van der Waals surface area (Å²) in [5.41, 5.74) is 1.03. The molecule has 0 saturated heterocycles. The number of carbonyl (C=O) groups is 1. The predicted molar refractivity (Wildman–Crippen MR) is 78.7 cm³/mol. The minimum atomic E-state index is -1.06. The topological polar surface area (TPSA) is 103 Å². The Labute approximate surface area is 123 Å². The van der Waals surface area contributed by atoms with Gasteiger partial charge in [-0.3, -0.25) is 0 Å². The lowest BCUT2D eigenvalue weighted by atomic mass is 9.93. The van der Waals surface area contributed by atoms with Crippen molar-refractivity contribution in [1.29, 1.82) is 0 Å². The molecule has 1 aromatic rings. The van der Waals surface area contributed by atoms with Crippen molar-refractivity contribution in [2.75, 3.05) is 18.5 Å². The van der Waals surface area contributed by atoms with Gasteiger partial charge in [0, 0.05) is 5.69 Å². The summed E-state index contributed by atoms with van der Waals surface area (Å²) in [6.07, 6.45) is 4.23. The third-order valence-electron chi connectivity index (χ3n) is 4.20. The summed E-state index contributed by atoms with van der Waals surface area (Å²) in [4.78, 5) is 15.9. The second-order valence-corrected chi connectivity index (χ2v) is 5.58. The standard InChI is InChI=1S/C15H22N2O4/c1-2-15(8-18,9-19)17-13-11(14(20)21)7-10-5-3-4-6-12(10)16-13/h7,18-19H,2-6,8-9H2,1H3,(H,16,17)(H,20,21). The maximum atomic E-state index is 11.5. The van der Waals surface area contributed by atoms with Crippen LogP contribution in [0.25, 0.3) is 0 Å². The average molecular weight is 294 g/mol. The zero-order valence-electron chi connectivity index (χ0n) is 12.2. The highest BCUT2D eigenvalue weighted by atomic mass is 16.4. The second kappa shape index (κ2) is 6.41. The number of anilines is 1. The number of aryl methyl sites for hydroxylation is 2. The van der Waals surface area contributed by atoms with Gasteiger partial charge in [0.05, 0.1) is 18.8 Å². The van der Waals surface area contributed by atoms with E-state index in [2.05, 4.69) is 10.3 Å². The fraction of sp³-hybridized carbons (Fsp3) is 0.600. The van der Waals surface area contributed by atoms with Crippen LogP contribution in [0.3, 0.4) is 0 Å². The van der Waals surface area contributed by atoms with Gasteiger partial charge in [-0.25, -0.2) is 9.78 Å². The lowest BCUT2D eigenvalue weighted by Gasteiger charge is -2.31.